The van der Waals surface area contributed by atoms with Gasteiger partial charge in [0.05, 0.1) is 16.1 Å². The Hall–Kier alpha value is -2.84. The zero-order chi connectivity index (χ0) is 17.7. The van der Waals surface area contributed by atoms with Crippen molar-refractivity contribution in [2.24, 2.45) is 0 Å². The summed E-state index contributed by atoms with van der Waals surface area (Å²) in [6.45, 7) is 3.43. The second kappa shape index (κ2) is 7.62. The molecule has 0 aliphatic heterocycles. The SMILES string of the molecule is Cc1ccc(C(=O)OCC(=O)Nc2ccc(C#N)c(Cl)c2)cc1C. The first-order chi connectivity index (χ1) is 11.4. The second-order valence-electron chi connectivity index (χ2n) is 5.23. The third-order valence-corrected chi connectivity index (χ3v) is 3.76. The van der Waals surface area contributed by atoms with Gasteiger partial charge in [0.1, 0.15) is 6.07 Å². The van der Waals surface area contributed by atoms with Crippen LogP contribution in [-0.4, -0.2) is 18.5 Å². The number of hydrogen-bond donors (Lipinski definition) is 1. The number of nitrogens with zero attached hydrogens (tertiary/aromatic N) is 1. The number of anilines is 1. The Morgan fingerprint density at radius 1 is 1.17 bits per heavy atom. The monoisotopic (exact) mass is 342 g/mol. The number of carbonyl (C=O) groups is 2. The highest BCUT2D eigenvalue weighted by Crippen LogP contribution is 2.20. The summed E-state index contributed by atoms with van der Waals surface area (Å²) in [5.41, 5.74) is 3.18. The van der Waals surface area contributed by atoms with Crippen molar-refractivity contribution in [1.82, 2.24) is 0 Å². The molecule has 0 atom stereocenters. The Morgan fingerprint density at radius 2 is 1.92 bits per heavy atom. The number of nitrogens with one attached hydrogen (secondary N) is 1. The van der Waals surface area contributed by atoms with Crippen LogP contribution in [0.25, 0.3) is 0 Å². The number of benzene rings is 2. The minimum Gasteiger partial charge on any atom is -0.452 e. The van der Waals surface area contributed by atoms with Gasteiger partial charge in [0.15, 0.2) is 6.61 Å². The number of carbonyl (C=O) groups excluding carboxylic acids is 2. The van der Waals surface area contributed by atoms with E-state index in [1.54, 1.807) is 18.2 Å². The van der Waals surface area contributed by atoms with Crippen LogP contribution < -0.4 is 5.32 Å². The predicted molar refractivity (Wildman–Crippen MR) is 91.0 cm³/mol. The van der Waals surface area contributed by atoms with E-state index in [1.165, 1.54) is 12.1 Å². The highest BCUT2D eigenvalue weighted by atomic mass is 35.5. The molecule has 24 heavy (non-hydrogen) atoms. The first-order valence-electron chi connectivity index (χ1n) is 7.14. The van der Waals surface area contributed by atoms with Gasteiger partial charge >= 0.3 is 5.97 Å². The molecule has 0 radical (unpaired) electrons. The minimum atomic E-state index is -0.564. The molecule has 5 nitrogen and oxygen atoms in total. The Balaban J connectivity index is 1.93. The average Bonchev–Trinajstić information content (AvgIpc) is 2.55. The molecular weight excluding hydrogens is 328 g/mol. The lowest BCUT2D eigenvalue weighted by molar-refractivity contribution is -0.119. The molecule has 0 unspecified atom stereocenters. The van der Waals surface area contributed by atoms with E-state index in [9.17, 15) is 9.59 Å². The summed E-state index contributed by atoms with van der Waals surface area (Å²) in [6.07, 6.45) is 0. The van der Waals surface area contributed by atoms with E-state index in [0.717, 1.165) is 11.1 Å². The largest absolute Gasteiger partial charge is 0.452 e. The minimum absolute atomic E-state index is 0.238. The lowest BCUT2D eigenvalue weighted by atomic mass is 10.1. The van der Waals surface area contributed by atoms with Crippen LogP contribution in [-0.2, 0) is 9.53 Å². The van der Waals surface area contributed by atoms with Crippen molar-refractivity contribution in [3.8, 4) is 6.07 Å². The van der Waals surface area contributed by atoms with Gasteiger partial charge in [-0.25, -0.2) is 4.79 Å². The molecule has 2 aromatic rings. The van der Waals surface area contributed by atoms with Crippen LogP contribution in [0.5, 0.6) is 0 Å². The smallest absolute Gasteiger partial charge is 0.338 e. The van der Waals surface area contributed by atoms with Crippen LogP contribution in [0.1, 0.15) is 27.0 Å². The fraction of sp³-hybridized carbons (Fsp3) is 0.167. The van der Waals surface area contributed by atoms with Crippen molar-refractivity contribution in [3.05, 3.63) is 63.7 Å². The van der Waals surface area contributed by atoms with Crippen LogP contribution in [0.15, 0.2) is 36.4 Å². The lowest BCUT2D eigenvalue weighted by Crippen LogP contribution is -2.21. The number of halogens is 1. The molecule has 2 rings (SSSR count). The highest BCUT2D eigenvalue weighted by molar-refractivity contribution is 6.32. The molecule has 0 saturated carbocycles. The van der Waals surface area contributed by atoms with Crippen LogP contribution in [0.3, 0.4) is 0 Å². The number of hydrogen-bond acceptors (Lipinski definition) is 4. The quantitative estimate of drug-likeness (QED) is 0.860. The molecule has 0 bridgehead atoms. The van der Waals surface area contributed by atoms with Crippen molar-refractivity contribution in [1.29, 1.82) is 5.26 Å². The number of amides is 1. The summed E-state index contributed by atoms with van der Waals surface area (Å²) < 4.78 is 5.00. The summed E-state index contributed by atoms with van der Waals surface area (Å²) in [4.78, 5) is 23.8. The molecule has 0 spiro atoms. The third-order valence-electron chi connectivity index (χ3n) is 3.45. The number of esters is 1. The highest BCUT2D eigenvalue weighted by Gasteiger charge is 2.11. The molecule has 0 aliphatic carbocycles. The summed E-state index contributed by atoms with van der Waals surface area (Å²) in [5.74, 6) is -1.06. The Morgan fingerprint density at radius 3 is 2.54 bits per heavy atom. The molecule has 0 aliphatic rings. The van der Waals surface area contributed by atoms with Gasteiger partial charge in [0, 0.05) is 5.69 Å². The zero-order valence-electron chi connectivity index (χ0n) is 13.2. The lowest BCUT2D eigenvalue weighted by Gasteiger charge is -2.08. The molecule has 1 N–H and O–H groups in total. The fourth-order valence-corrected chi connectivity index (χ4v) is 2.19. The van der Waals surface area contributed by atoms with Crippen LogP contribution in [0, 0.1) is 25.2 Å². The second-order valence-corrected chi connectivity index (χ2v) is 5.64. The topological polar surface area (TPSA) is 79.2 Å². The van der Waals surface area contributed by atoms with Gasteiger partial charge in [-0.05, 0) is 55.3 Å². The van der Waals surface area contributed by atoms with Crippen molar-refractivity contribution in [3.63, 3.8) is 0 Å². The maximum atomic E-state index is 11.9. The predicted octanol–water partition coefficient (Wildman–Crippen LogP) is 3.62. The first kappa shape index (κ1) is 17.5. The summed E-state index contributed by atoms with van der Waals surface area (Å²) >= 11 is 5.89. The van der Waals surface area contributed by atoms with Crippen molar-refractivity contribution in [2.75, 3.05) is 11.9 Å². The number of rotatable bonds is 4. The van der Waals surface area contributed by atoms with Crippen LogP contribution in [0.4, 0.5) is 5.69 Å². The fourth-order valence-electron chi connectivity index (χ4n) is 1.96. The molecular formula is C18H15ClN2O3. The molecule has 0 saturated heterocycles. The molecule has 0 aromatic heterocycles. The maximum Gasteiger partial charge on any atom is 0.338 e. The van der Waals surface area contributed by atoms with E-state index in [1.807, 2.05) is 26.0 Å². The van der Waals surface area contributed by atoms with Crippen LogP contribution >= 0.6 is 11.6 Å². The van der Waals surface area contributed by atoms with Crippen molar-refractivity contribution < 1.29 is 14.3 Å². The van der Waals surface area contributed by atoms with Gasteiger partial charge in [0.2, 0.25) is 0 Å². The molecule has 6 heteroatoms. The molecule has 0 heterocycles. The first-order valence-corrected chi connectivity index (χ1v) is 7.52. The van der Waals surface area contributed by atoms with Gasteiger partial charge in [-0.15, -0.1) is 0 Å². The maximum absolute atomic E-state index is 11.9. The van der Waals surface area contributed by atoms with Gasteiger partial charge in [0.25, 0.3) is 5.91 Å². The van der Waals surface area contributed by atoms with E-state index < -0.39 is 18.5 Å². The third kappa shape index (κ3) is 4.34. The molecule has 122 valence electrons. The Bertz CT molecular complexity index is 841. The van der Waals surface area contributed by atoms with Crippen molar-refractivity contribution in [2.45, 2.75) is 13.8 Å². The summed E-state index contributed by atoms with van der Waals surface area (Å²) in [6, 6.07) is 11.6. The zero-order valence-corrected chi connectivity index (χ0v) is 14.0. The van der Waals surface area contributed by atoms with E-state index >= 15 is 0 Å². The number of ether oxygens (including phenoxy) is 1. The van der Waals surface area contributed by atoms with E-state index in [4.69, 9.17) is 21.6 Å². The van der Waals surface area contributed by atoms with Gasteiger partial charge in [-0.3, -0.25) is 4.79 Å². The molecule has 1 amide bonds. The summed E-state index contributed by atoms with van der Waals surface area (Å²) in [7, 11) is 0. The molecule has 0 fully saturated rings. The number of aryl methyl sites for hydroxylation is 2. The van der Waals surface area contributed by atoms with E-state index in [0.29, 0.717) is 16.8 Å². The number of nitriles is 1. The average molecular weight is 343 g/mol. The standard InChI is InChI=1S/C18H15ClN2O3/c1-11-3-4-13(7-12(11)2)18(23)24-10-17(22)21-15-6-5-14(9-20)16(19)8-15/h3-8H,10H2,1-2H3,(H,21,22). The van der Waals surface area contributed by atoms with E-state index in [-0.39, 0.29) is 5.02 Å². The molecule has 2 aromatic carbocycles. The normalized spacial score (nSPS) is 9.92. The van der Waals surface area contributed by atoms with Crippen molar-refractivity contribution >= 4 is 29.2 Å². The van der Waals surface area contributed by atoms with Gasteiger partial charge in [-0.1, -0.05) is 17.7 Å². The van der Waals surface area contributed by atoms with Crippen LogP contribution in [0.2, 0.25) is 5.02 Å². The van der Waals surface area contributed by atoms with E-state index in [2.05, 4.69) is 5.32 Å². The Kier molecular flexibility index (Phi) is 5.56. The van der Waals surface area contributed by atoms with Gasteiger partial charge in [-0.2, -0.15) is 5.26 Å². The van der Waals surface area contributed by atoms with Gasteiger partial charge < -0.3 is 10.1 Å². The summed E-state index contributed by atoms with van der Waals surface area (Å²) in [5, 5.41) is 11.6. The Labute approximate surface area is 144 Å².